The first-order valence-corrected chi connectivity index (χ1v) is 5.74. The molecule has 0 aliphatic rings. The second kappa shape index (κ2) is 4.10. The molecule has 0 atom stereocenters. The average Bonchev–Trinajstić information content (AvgIpc) is 2.97. The number of anilines is 1. The van der Waals surface area contributed by atoms with E-state index in [-0.39, 0.29) is 0 Å². The van der Waals surface area contributed by atoms with Crippen LogP contribution < -0.4 is 5.32 Å². The molecule has 0 saturated heterocycles. The summed E-state index contributed by atoms with van der Waals surface area (Å²) in [6.45, 7) is 4.74. The van der Waals surface area contributed by atoms with E-state index in [9.17, 15) is 0 Å². The van der Waals surface area contributed by atoms with Crippen molar-refractivity contribution in [2.45, 2.75) is 13.8 Å². The lowest BCUT2D eigenvalue weighted by Crippen LogP contribution is -2.07. The van der Waals surface area contributed by atoms with Crippen LogP contribution in [0.5, 0.6) is 0 Å². The van der Waals surface area contributed by atoms with Gasteiger partial charge in [0, 0.05) is 12.7 Å². The van der Waals surface area contributed by atoms with Crippen LogP contribution in [0.25, 0.3) is 17.0 Å². The molecule has 0 aromatic carbocycles. The summed E-state index contributed by atoms with van der Waals surface area (Å²) in [5.74, 6) is 1.25. The molecule has 0 aliphatic carbocycles. The number of hydrogen-bond acceptors (Lipinski definition) is 5. The Morgan fingerprint density at radius 1 is 1.39 bits per heavy atom. The maximum Gasteiger partial charge on any atom is 0.226 e. The maximum atomic E-state index is 4.45. The van der Waals surface area contributed by atoms with E-state index in [1.165, 1.54) is 0 Å². The van der Waals surface area contributed by atoms with Gasteiger partial charge in [-0.1, -0.05) is 0 Å². The minimum Gasteiger partial charge on any atom is -0.354 e. The zero-order valence-corrected chi connectivity index (χ0v) is 10.2. The molecule has 18 heavy (non-hydrogen) atoms. The zero-order chi connectivity index (χ0) is 12.5. The van der Waals surface area contributed by atoms with Crippen LogP contribution in [-0.4, -0.2) is 36.3 Å². The van der Waals surface area contributed by atoms with Gasteiger partial charge in [-0.25, -0.2) is 9.67 Å². The van der Waals surface area contributed by atoms with Crippen molar-refractivity contribution in [2.75, 3.05) is 11.9 Å². The van der Waals surface area contributed by atoms with E-state index in [2.05, 4.69) is 30.4 Å². The normalized spacial score (nSPS) is 11.0. The maximum absolute atomic E-state index is 4.45. The highest BCUT2D eigenvalue weighted by Crippen LogP contribution is 2.17. The molecule has 0 radical (unpaired) electrons. The molecule has 3 aromatic heterocycles. The van der Waals surface area contributed by atoms with Crippen LogP contribution in [0.3, 0.4) is 0 Å². The van der Waals surface area contributed by atoms with Gasteiger partial charge < -0.3 is 10.3 Å². The number of hydrogen-bond donors (Lipinski definition) is 2. The lowest BCUT2D eigenvalue weighted by atomic mass is 10.4. The van der Waals surface area contributed by atoms with E-state index < -0.39 is 0 Å². The Bertz CT molecular complexity index is 682. The number of H-pyrrole nitrogens is 1. The minimum absolute atomic E-state index is 0.556. The van der Waals surface area contributed by atoms with E-state index in [0.717, 1.165) is 17.6 Å². The van der Waals surface area contributed by atoms with Gasteiger partial charge in [-0.15, -0.1) is 0 Å². The predicted octanol–water partition coefficient (Wildman–Crippen LogP) is 1.28. The molecule has 0 bridgehead atoms. The van der Waals surface area contributed by atoms with Gasteiger partial charge in [0.05, 0.1) is 12.5 Å². The second-order valence-corrected chi connectivity index (χ2v) is 3.96. The number of rotatable bonds is 3. The summed E-state index contributed by atoms with van der Waals surface area (Å²) in [7, 11) is 0. The molecular weight excluding hydrogens is 230 g/mol. The van der Waals surface area contributed by atoms with Crippen molar-refractivity contribution in [3.05, 3.63) is 24.3 Å². The number of aryl methyl sites for hydroxylation is 1. The summed E-state index contributed by atoms with van der Waals surface area (Å²) < 4.78 is 1.72. The molecular formula is C11H13N7. The van der Waals surface area contributed by atoms with Crippen LogP contribution in [0, 0.1) is 6.92 Å². The van der Waals surface area contributed by atoms with Gasteiger partial charge in [0.25, 0.3) is 0 Å². The molecule has 3 rings (SSSR count). The van der Waals surface area contributed by atoms with Gasteiger partial charge in [0.1, 0.15) is 5.52 Å². The largest absolute Gasteiger partial charge is 0.354 e. The Morgan fingerprint density at radius 3 is 3.00 bits per heavy atom. The summed E-state index contributed by atoms with van der Waals surface area (Å²) in [5.41, 5.74) is 2.48. The lowest BCUT2D eigenvalue weighted by molar-refractivity contribution is 0.848. The molecule has 0 unspecified atom stereocenters. The number of aromatic nitrogens is 6. The first-order chi connectivity index (χ1) is 8.78. The SMILES string of the molecule is CCNc1nc(-n2cc(C)cn2)c2[nH]cnc2n1. The molecule has 2 N–H and O–H groups in total. The lowest BCUT2D eigenvalue weighted by Gasteiger charge is -2.05. The Hall–Kier alpha value is -2.44. The van der Waals surface area contributed by atoms with Gasteiger partial charge >= 0.3 is 0 Å². The first-order valence-electron chi connectivity index (χ1n) is 5.74. The number of imidazole rings is 1. The molecule has 7 heteroatoms. The van der Waals surface area contributed by atoms with Crippen molar-refractivity contribution in [3.8, 4) is 5.82 Å². The number of fused-ring (bicyclic) bond motifs is 1. The smallest absolute Gasteiger partial charge is 0.226 e. The van der Waals surface area contributed by atoms with Gasteiger partial charge in [-0.05, 0) is 19.4 Å². The highest BCUT2D eigenvalue weighted by atomic mass is 15.3. The molecule has 0 fully saturated rings. The standard InChI is InChI=1S/C11H13N7/c1-3-12-11-16-9-8(13-6-14-9)10(17-11)18-5-7(2)4-15-18/h4-6H,3H2,1-2H3,(H2,12,13,14,16,17). The van der Waals surface area contributed by atoms with Crippen LogP contribution >= 0.6 is 0 Å². The van der Waals surface area contributed by atoms with Gasteiger partial charge in [0.15, 0.2) is 11.5 Å². The van der Waals surface area contributed by atoms with Crippen molar-refractivity contribution in [1.82, 2.24) is 29.7 Å². The van der Waals surface area contributed by atoms with E-state index >= 15 is 0 Å². The number of nitrogens with zero attached hydrogens (tertiary/aromatic N) is 5. The molecule has 3 aromatic rings. The van der Waals surface area contributed by atoms with Crippen LogP contribution in [0.15, 0.2) is 18.7 Å². The molecule has 0 saturated carbocycles. The quantitative estimate of drug-likeness (QED) is 0.723. The van der Waals surface area contributed by atoms with Crippen LogP contribution in [0.2, 0.25) is 0 Å². The molecule has 0 spiro atoms. The van der Waals surface area contributed by atoms with E-state index in [0.29, 0.717) is 17.4 Å². The summed E-state index contributed by atoms with van der Waals surface area (Å²) in [4.78, 5) is 16.0. The fourth-order valence-electron chi connectivity index (χ4n) is 1.75. The second-order valence-electron chi connectivity index (χ2n) is 3.96. The number of nitrogens with one attached hydrogen (secondary N) is 2. The third kappa shape index (κ3) is 1.69. The van der Waals surface area contributed by atoms with Crippen LogP contribution in [0.1, 0.15) is 12.5 Å². The Kier molecular flexibility index (Phi) is 2.44. The van der Waals surface area contributed by atoms with E-state index in [4.69, 9.17) is 0 Å². The average molecular weight is 243 g/mol. The van der Waals surface area contributed by atoms with Crippen LogP contribution in [-0.2, 0) is 0 Å². The molecule has 3 heterocycles. The summed E-state index contributed by atoms with van der Waals surface area (Å²) >= 11 is 0. The monoisotopic (exact) mass is 243 g/mol. The third-order valence-electron chi connectivity index (χ3n) is 2.53. The molecule has 0 amide bonds. The van der Waals surface area contributed by atoms with Gasteiger partial charge in [0.2, 0.25) is 5.95 Å². The van der Waals surface area contributed by atoms with Gasteiger partial charge in [-0.2, -0.15) is 15.1 Å². The van der Waals surface area contributed by atoms with E-state index in [1.807, 2.05) is 20.0 Å². The van der Waals surface area contributed by atoms with Crippen molar-refractivity contribution >= 4 is 17.1 Å². The predicted molar refractivity (Wildman–Crippen MR) is 67.7 cm³/mol. The van der Waals surface area contributed by atoms with Crippen molar-refractivity contribution < 1.29 is 0 Å². The first kappa shape index (κ1) is 10.7. The molecule has 0 aliphatic heterocycles. The Balaban J connectivity index is 2.22. The number of aromatic amines is 1. The highest BCUT2D eigenvalue weighted by Gasteiger charge is 2.11. The minimum atomic E-state index is 0.556. The topological polar surface area (TPSA) is 84.3 Å². The summed E-state index contributed by atoms with van der Waals surface area (Å²) in [5, 5.41) is 7.36. The Labute approximate surface area is 103 Å². The Morgan fingerprint density at radius 2 is 2.28 bits per heavy atom. The molecule has 92 valence electrons. The van der Waals surface area contributed by atoms with Crippen molar-refractivity contribution in [3.63, 3.8) is 0 Å². The fraction of sp³-hybridized carbons (Fsp3) is 0.273. The van der Waals surface area contributed by atoms with Crippen molar-refractivity contribution in [2.24, 2.45) is 0 Å². The van der Waals surface area contributed by atoms with Crippen molar-refractivity contribution in [1.29, 1.82) is 0 Å². The summed E-state index contributed by atoms with van der Waals surface area (Å²) in [6, 6.07) is 0. The third-order valence-corrected chi connectivity index (χ3v) is 2.53. The van der Waals surface area contributed by atoms with Crippen LogP contribution in [0.4, 0.5) is 5.95 Å². The fourth-order valence-corrected chi connectivity index (χ4v) is 1.75. The van der Waals surface area contributed by atoms with Gasteiger partial charge in [-0.3, -0.25) is 0 Å². The highest BCUT2D eigenvalue weighted by molar-refractivity contribution is 5.79. The van der Waals surface area contributed by atoms with E-state index in [1.54, 1.807) is 17.2 Å². The molecule has 7 nitrogen and oxygen atoms in total. The summed E-state index contributed by atoms with van der Waals surface area (Å²) in [6.07, 6.45) is 5.31. The zero-order valence-electron chi connectivity index (χ0n) is 10.2.